The summed E-state index contributed by atoms with van der Waals surface area (Å²) in [6, 6.07) is 3.08. The molecule has 0 aliphatic heterocycles. The van der Waals surface area contributed by atoms with Crippen molar-refractivity contribution in [3.8, 4) is 0 Å². The smallest absolute Gasteiger partial charge is 0.329 e. The number of pyridine rings is 1. The largest absolute Gasteiger partial charge is 0.467 e. The molecule has 1 aromatic heterocycles. The number of methoxy groups -OCH3 is 1. The minimum Gasteiger partial charge on any atom is -0.467 e. The second-order valence-corrected chi connectivity index (χ2v) is 3.76. The van der Waals surface area contributed by atoms with E-state index in [1.165, 1.54) is 14.0 Å². The third kappa shape index (κ3) is 4.92. The number of amides is 1. The van der Waals surface area contributed by atoms with Crippen molar-refractivity contribution < 1.29 is 14.3 Å². The second kappa shape index (κ2) is 7.39. The molecular weight excluding hydrogens is 234 g/mol. The molecule has 6 nitrogen and oxygen atoms in total. The van der Waals surface area contributed by atoms with Gasteiger partial charge in [-0.3, -0.25) is 9.78 Å². The van der Waals surface area contributed by atoms with Crippen LogP contribution in [0.2, 0.25) is 0 Å². The molecule has 0 saturated heterocycles. The highest BCUT2D eigenvalue weighted by molar-refractivity contribution is 5.83. The number of carbonyl (C=O) groups excluding carboxylic acids is 2. The average Bonchev–Trinajstić information content (AvgIpc) is 2.37. The van der Waals surface area contributed by atoms with Gasteiger partial charge in [-0.15, -0.1) is 0 Å². The van der Waals surface area contributed by atoms with E-state index in [1.807, 2.05) is 12.1 Å². The van der Waals surface area contributed by atoms with Crippen LogP contribution in [0.15, 0.2) is 24.5 Å². The van der Waals surface area contributed by atoms with Crippen molar-refractivity contribution >= 4 is 11.9 Å². The first kappa shape index (κ1) is 14.1. The predicted molar refractivity (Wildman–Crippen MR) is 65.6 cm³/mol. The van der Waals surface area contributed by atoms with Crippen molar-refractivity contribution in [3.05, 3.63) is 30.1 Å². The summed E-state index contributed by atoms with van der Waals surface area (Å²) in [5.74, 6) is -0.733. The monoisotopic (exact) mass is 251 g/mol. The first-order chi connectivity index (χ1) is 8.63. The molecule has 0 spiro atoms. The van der Waals surface area contributed by atoms with Crippen LogP contribution in [-0.2, 0) is 20.9 Å². The molecule has 98 valence electrons. The van der Waals surface area contributed by atoms with Crippen LogP contribution in [0.5, 0.6) is 0 Å². The lowest BCUT2D eigenvalue weighted by molar-refractivity contribution is -0.144. The maximum absolute atomic E-state index is 11.4. The quantitative estimate of drug-likeness (QED) is 0.687. The third-order valence-corrected chi connectivity index (χ3v) is 2.29. The zero-order valence-corrected chi connectivity index (χ0v) is 10.5. The molecule has 0 aliphatic carbocycles. The lowest BCUT2D eigenvalue weighted by Gasteiger charge is -2.16. The fraction of sp³-hybridized carbons (Fsp3) is 0.417. The Hall–Kier alpha value is -1.95. The second-order valence-electron chi connectivity index (χ2n) is 3.76. The van der Waals surface area contributed by atoms with Gasteiger partial charge in [0.2, 0.25) is 5.91 Å². The van der Waals surface area contributed by atoms with Crippen molar-refractivity contribution in [1.29, 1.82) is 0 Å². The SMILES string of the molecule is COC(=O)C(CNCc1ccncc1)NC(C)=O. The standard InChI is InChI=1S/C12H17N3O3/c1-9(16)15-11(12(17)18-2)8-14-7-10-3-5-13-6-4-10/h3-6,11,14H,7-8H2,1-2H3,(H,15,16). The zero-order valence-electron chi connectivity index (χ0n) is 10.5. The molecule has 0 aromatic carbocycles. The third-order valence-electron chi connectivity index (χ3n) is 2.29. The summed E-state index contributed by atoms with van der Waals surface area (Å²) in [6.07, 6.45) is 3.39. The van der Waals surface area contributed by atoms with Crippen molar-refractivity contribution in [2.24, 2.45) is 0 Å². The van der Waals surface area contributed by atoms with E-state index < -0.39 is 12.0 Å². The molecule has 1 atom stereocenters. The number of ether oxygens (including phenoxy) is 1. The van der Waals surface area contributed by atoms with Crippen LogP contribution in [0, 0.1) is 0 Å². The lowest BCUT2D eigenvalue weighted by atomic mass is 10.2. The van der Waals surface area contributed by atoms with E-state index in [2.05, 4.69) is 20.4 Å². The van der Waals surface area contributed by atoms with Gasteiger partial charge in [-0.1, -0.05) is 0 Å². The first-order valence-corrected chi connectivity index (χ1v) is 5.58. The number of hydrogen-bond donors (Lipinski definition) is 2. The molecule has 0 radical (unpaired) electrons. The number of esters is 1. The molecule has 2 N–H and O–H groups in total. The highest BCUT2D eigenvalue weighted by Gasteiger charge is 2.19. The molecule has 1 amide bonds. The molecule has 1 unspecified atom stereocenters. The summed E-state index contributed by atoms with van der Waals surface area (Å²) in [5, 5.41) is 5.61. The summed E-state index contributed by atoms with van der Waals surface area (Å²) in [7, 11) is 1.29. The van der Waals surface area contributed by atoms with Crippen molar-refractivity contribution in [2.45, 2.75) is 19.5 Å². The maximum Gasteiger partial charge on any atom is 0.329 e. The van der Waals surface area contributed by atoms with Crippen molar-refractivity contribution in [3.63, 3.8) is 0 Å². The van der Waals surface area contributed by atoms with Crippen LogP contribution >= 0.6 is 0 Å². The van der Waals surface area contributed by atoms with Gasteiger partial charge in [-0.25, -0.2) is 4.79 Å². The molecule has 0 saturated carbocycles. The van der Waals surface area contributed by atoms with Crippen LogP contribution < -0.4 is 10.6 Å². The minimum absolute atomic E-state index is 0.267. The molecule has 18 heavy (non-hydrogen) atoms. The van der Waals surface area contributed by atoms with E-state index in [9.17, 15) is 9.59 Å². The number of nitrogens with one attached hydrogen (secondary N) is 2. The molecule has 0 aliphatic rings. The van der Waals surface area contributed by atoms with Gasteiger partial charge in [-0.05, 0) is 17.7 Å². The normalized spacial score (nSPS) is 11.7. The van der Waals surface area contributed by atoms with Gasteiger partial charge in [-0.2, -0.15) is 0 Å². The van der Waals surface area contributed by atoms with E-state index >= 15 is 0 Å². The summed E-state index contributed by atoms with van der Waals surface area (Å²) in [6.45, 7) is 2.27. The molecule has 1 aromatic rings. The average molecular weight is 251 g/mol. The Kier molecular flexibility index (Phi) is 5.79. The van der Waals surface area contributed by atoms with Gasteiger partial charge in [0.1, 0.15) is 6.04 Å². The van der Waals surface area contributed by atoms with Gasteiger partial charge in [0.15, 0.2) is 0 Å². The Labute approximate surface area is 106 Å². The molecule has 1 heterocycles. The Morgan fingerprint density at radius 1 is 1.39 bits per heavy atom. The number of nitrogens with zero attached hydrogens (tertiary/aromatic N) is 1. The summed E-state index contributed by atoms with van der Waals surface area (Å²) >= 11 is 0. The van der Waals surface area contributed by atoms with E-state index in [4.69, 9.17) is 0 Å². The summed E-state index contributed by atoms with van der Waals surface area (Å²) < 4.78 is 4.61. The molecule has 0 bridgehead atoms. The molecule has 0 fully saturated rings. The predicted octanol–water partition coefficient (Wildman–Crippen LogP) is -0.151. The van der Waals surface area contributed by atoms with Crippen molar-refractivity contribution in [2.75, 3.05) is 13.7 Å². The fourth-order valence-electron chi connectivity index (χ4n) is 1.44. The van der Waals surface area contributed by atoms with Gasteiger partial charge in [0.05, 0.1) is 7.11 Å². The summed E-state index contributed by atoms with van der Waals surface area (Å²) in [5.41, 5.74) is 1.05. The number of rotatable bonds is 6. The highest BCUT2D eigenvalue weighted by Crippen LogP contribution is 1.95. The topological polar surface area (TPSA) is 80.3 Å². The van der Waals surface area contributed by atoms with Crippen LogP contribution in [0.3, 0.4) is 0 Å². The van der Waals surface area contributed by atoms with Gasteiger partial charge in [0, 0.05) is 32.4 Å². The van der Waals surface area contributed by atoms with Gasteiger partial charge in [0.25, 0.3) is 0 Å². The van der Waals surface area contributed by atoms with Crippen LogP contribution in [-0.4, -0.2) is 36.6 Å². The first-order valence-electron chi connectivity index (χ1n) is 5.58. The Morgan fingerprint density at radius 2 is 2.06 bits per heavy atom. The van der Waals surface area contributed by atoms with E-state index in [0.29, 0.717) is 13.1 Å². The van der Waals surface area contributed by atoms with E-state index in [1.54, 1.807) is 12.4 Å². The van der Waals surface area contributed by atoms with Crippen molar-refractivity contribution in [1.82, 2.24) is 15.6 Å². The number of hydrogen-bond acceptors (Lipinski definition) is 5. The maximum atomic E-state index is 11.4. The fourth-order valence-corrected chi connectivity index (χ4v) is 1.44. The number of aromatic nitrogens is 1. The molecule has 6 heteroatoms. The minimum atomic E-state index is -0.672. The van der Waals surface area contributed by atoms with E-state index in [-0.39, 0.29) is 5.91 Å². The molecule has 1 rings (SSSR count). The van der Waals surface area contributed by atoms with Gasteiger partial charge < -0.3 is 15.4 Å². The molecular formula is C12H17N3O3. The van der Waals surface area contributed by atoms with Gasteiger partial charge >= 0.3 is 5.97 Å². The zero-order chi connectivity index (χ0) is 13.4. The van der Waals surface area contributed by atoms with Crippen LogP contribution in [0.1, 0.15) is 12.5 Å². The Balaban J connectivity index is 2.42. The van der Waals surface area contributed by atoms with Crippen LogP contribution in [0.4, 0.5) is 0 Å². The number of carbonyl (C=O) groups is 2. The Bertz CT molecular complexity index is 395. The highest BCUT2D eigenvalue weighted by atomic mass is 16.5. The van der Waals surface area contributed by atoms with E-state index in [0.717, 1.165) is 5.56 Å². The van der Waals surface area contributed by atoms with Crippen LogP contribution in [0.25, 0.3) is 0 Å². The summed E-state index contributed by atoms with van der Waals surface area (Å²) in [4.78, 5) is 26.3. The Morgan fingerprint density at radius 3 is 2.61 bits per heavy atom. The lowest BCUT2D eigenvalue weighted by Crippen LogP contribution is -2.46.